The van der Waals surface area contributed by atoms with E-state index < -0.39 is 10.0 Å². The molecule has 1 atom stereocenters. The number of benzene rings is 2. The standard InChI is InChI=1S/C20H23BrN2O3S/c1-14-5-6-15(2)19(12-14)27(25,26)23-11-3-4-16(13-23)20(24)22-18-9-7-17(21)8-10-18/h5-10,12,16H,3-4,11,13H2,1-2H3,(H,22,24)/t16-/m1/s1. The smallest absolute Gasteiger partial charge is 0.243 e. The highest BCUT2D eigenvalue weighted by Crippen LogP contribution is 2.27. The minimum absolute atomic E-state index is 0.141. The zero-order chi connectivity index (χ0) is 19.6. The lowest BCUT2D eigenvalue weighted by molar-refractivity contribution is -0.120. The van der Waals surface area contributed by atoms with Gasteiger partial charge in [-0.1, -0.05) is 28.1 Å². The van der Waals surface area contributed by atoms with E-state index in [1.807, 2.05) is 43.3 Å². The van der Waals surface area contributed by atoms with Crippen molar-refractivity contribution in [3.63, 3.8) is 0 Å². The van der Waals surface area contributed by atoms with Gasteiger partial charge in [0, 0.05) is 23.2 Å². The number of hydrogen-bond donors (Lipinski definition) is 1. The van der Waals surface area contributed by atoms with E-state index in [-0.39, 0.29) is 18.4 Å². The number of anilines is 1. The zero-order valence-electron chi connectivity index (χ0n) is 15.4. The minimum atomic E-state index is -3.61. The number of carbonyl (C=O) groups is 1. The Morgan fingerprint density at radius 3 is 2.56 bits per heavy atom. The van der Waals surface area contributed by atoms with Crippen LogP contribution in [-0.4, -0.2) is 31.7 Å². The van der Waals surface area contributed by atoms with Gasteiger partial charge < -0.3 is 5.32 Å². The number of hydrogen-bond acceptors (Lipinski definition) is 3. The Labute approximate surface area is 169 Å². The van der Waals surface area contributed by atoms with Gasteiger partial charge in [-0.25, -0.2) is 8.42 Å². The van der Waals surface area contributed by atoms with Crippen molar-refractivity contribution in [3.05, 3.63) is 58.1 Å². The third-order valence-electron chi connectivity index (χ3n) is 4.83. The van der Waals surface area contributed by atoms with E-state index in [2.05, 4.69) is 21.2 Å². The number of sulfonamides is 1. The number of amides is 1. The van der Waals surface area contributed by atoms with Crippen molar-refractivity contribution < 1.29 is 13.2 Å². The van der Waals surface area contributed by atoms with Crippen LogP contribution in [0.15, 0.2) is 51.8 Å². The van der Waals surface area contributed by atoms with Crippen LogP contribution in [0, 0.1) is 19.8 Å². The van der Waals surface area contributed by atoms with Crippen LogP contribution in [0.5, 0.6) is 0 Å². The summed E-state index contributed by atoms with van der Waals surface area (Å²) >= 11 is 3.36. The van der Waals surface area contributed by atoms with Gasteiger partial charge in [-0.2, -0.15) is 4.31 Å². The van der Waals surface area contributed by atoms with Crippen molar-refractivity contribution in [2.45, 2.75) is 31.6 Å². The largest absolute Gasteiger partial charge is 0.326 e. The van der Waals surface area contributed by atoms with Crippen LogP contribution in [0.3, 0.4) is 0 Å². The number of nitrogens with one attached hydrogen (secondary N) is 1. The van der Waals surface area contributed by atoms with Gasteiger partial charge in [0.05, 0.1) is 10.8 Å². The summed E-state index contributed by atoms with van der Waals surface area (Å²) in [5.74, 6) is -0.500. The second-order valence-corrected chi connectivity index (χ2v) is 9.79. The highest BCUT2D eigenvalue weighted by atomic mass is 79.9. The summed E-state index contributed by atoms with van der Waals surface area (Å²) < 4.78 is 28.6. The molecule has 0 spiro atoms. The van der Waals surface area contributed by atoms with Crippen LogP contribution in [0.25, 0.3) is 0 Å². The van der Waals surface area contributed by atoms with Gasteiger partial charge in [0.1, 0.15) is 0 Å². The fourth-order valence-electron chi connectivity index (χ4n) is 3.28. The van der Waals surface area contributed by atoms with Crippen molar-refractivity contribution in [3.8, 4) is 0 Å². The number of aryl methyl sites for hydroxylation is 2. The molecule has 0 saturated carbocycles. The molecular weight excluding hydrogens is 428 g/mol. The Morgan fingerprint density at radius 2 is 1.85 bits per heavy atom. The van der Waals surface area contributed by atoms with Gasteiger partial charge in [-0.3, -0.25) is 4.79 Å². The van der Waals surface area contributed by atoms with E-state index in [0.29, 0.717) is 30.0 Å². The normalized spacial score (nSPS) is 18.3. The quantitative estimate of drug-likeness (QED) is 0.761. The number of rotatable bonds is 4. The highest BCUT2D eigenvalue weighted by Gasteiger charge is 2.34. The van der Waals surface area contributed by atoms with E-state index in [1.165, 1.54) is 4.31 Å². The molecule has 27 heavy (non-hydrogen) atoms. The zero-order valence-corrected chi connectivity index (χ0v) is 17.8. The van der Waals surface area contributed by atoms with E-state index in [1.54, 1.807) is 13.0 Å². The van der Waals surface area contributed by atoms with Crippen molar-refractivity contribution in [1.82, 2.24) is 4.31 Å². The molecule has 2 aromatic rings. The summed E-state index contributed by atoms with van der Waals surface area (Å²) in [5.41, 5.74) is 2.33. The van der Waals surface area contributed by atoms with Gasteiger partial charge in [0.25, 0.3) is 0 Å². The molecule has 1 aliphatic heterocycles. The molecule has 5 nitrogen and oxygen atoms in total. The van der Waals surface area contributed by atoms with Crippen LogP contribution in [0.2, 0.25) is 0 Å². The maximum Gasteiger partial charge on any atom is 0.243 e. The molecule has 0 aromatic heterocycles. The number of carbonyl (C=O) groups excluding carboxylic acids is 1. The molecule has 0 unspecified atom stereocenters. The molecule has 7 heteroatoms. The van der Waals surface area contributed by atoms with Crippen LogP contribution in [0.1, 0.15) is 24.0 Å². The molecule has 1 saturated heterocycles. The van der Waals surface area contributed by atoms with Crippen molar-refractivity contribution in [2.75, 3.05) is 18.4 Å². The van der Waals surface area contributed by atoms with E-state index in [0.717, 1.165) is 15.6 Å². The summed E-state index contributed by atoms with van der Waals surface area (Å²) in [6, 6.07) is 12.8. The van der Waals surface area contributed by atoms with Gasteiger partial charge in [0.15, 0.2) is 0 Å². The third kappa shape index (κ3) is 4.59. The Hall–Kier alpha value is -1.70. The molecule has 0 bridgehead atoms. The highest BCUT2D eigenvalue weighted by molar-refractivity contribution is 9.10. The SMILES string of the molecule is Cc1ccc(C)c(S(=O)(=O)N2CCC[C@@H](C(=O)Nc3ccc(Br)cc3)C2)c1. The van der Waals surface area contributed by atoms with E-state index >= 15 is 0 Å². The summed E-state index contributed by atoms with van der Waals surface area (Å²) in [6.45, 7) is 4.33. The van der Waals surface area contributed by atoms with Gasteiger partial charge >= 0.3 is 0 Å². The molecule has 0 aliphatic carbocycles. The molecule has 1 amide bonds. The average molecular weight is 451 g/mol. The van der Waals surface area contributed by atoms with Crippen LogP contribution < -0.4 is 5.32 Å². The summed E-state index contributed by atoms with van der Waals surface area (Å²) in [7, 11) is -3.61. The molecule has 144 valence electrons. The number of piperidine rings is 1. The second-order valence-electron chi connectivity index (χ2n) is 6.97. The Kier molecular flexibility index (Phi) is 6.03. The summed E-state index contributed by atoms with van der Waals surface area (Å²) in [6.07, 6.45) is 1.35. The molecule has 1 heterocycles. The maximum absolute atomic E-state index is 13.1. The lowest BCUT2D eigenvalue weighted by atomic mass is 9.99. The maximum atomic E-state index is 13.1. The first kappa shape index (κ1) is 20.0. The first-order valence-electron chi connectivity index (χ1n) is 8.91. The predicted molar refractivity (Wildman–Crippen MR) is 110 cm³/mol. The van der Waals surface area contributed by atoms with Gasteiger partial charge in [-0.15, -0.1) is 0 Å². The fourth-order valence-corrected chi connectivity index (χ4v) is 5.37. The first-order valence-corrected chi connectivity index (χ1v) is 11.1. The van der Waals surface area contributed by atoms with Gasteiger partial charge in [-0.05, 0) is 68.1 Å². The lowest BCUT2D eigenvalue weighted by Crippen LogP contribution is -2.43. The summed E-state index contributed by atoms with van der Waals surface area (Å²) in [4.78, 5) is 13.0. The summed E-state index contributed by atoms with van der Waals surface area (Å²) in [5, 5.41) is 2.89. The Bertz CT molecular complexity index is 942. The predicted octanol–water partition coefficient (Wildman–Crippen LogP) is 4.11. The van der Waals surface area contributed by atoms with Gasteiger partial charge in [0.2, 0.25) is 15.9 Å². The Morgan fingerprint density at radius 1 is 1.15 bits per heavy atom. The molecule has 3 rings (SSSR count). The number of nitrogens with zero attached hydrogens (tertiary/aromatic N) is 1. The van der Waals surface area contributed by atoms with Crippen LogP contribution >= 0.6 is 15.9 Å². The fraction of sp³-hybridized carbons (Fsp3) is 0.350. The van der Waals surface area contributed by atoms with Crippen molar-refractivity contribution in [1.29, 1.82) is 0 Å². The molecule has 1 N–H and O–H groups in total. The van der Waals surface area contributed by atoms with E-state index in [4.69, 9.17) is 0 Å². The molecule has 2 aromatic carbocycles. The van der Waals surface area contributed by atoms with Crippen molar-refractivity contribution in [2.24, 2.45) is 5.92 Å². The third-order valence-corrected chi connectivity index (χ3v) is 7.36. The van der Waals surface area contributed by atoms with Crippen LogP contribution in [0.4, 0.5) is 5.69 Å². The topological polar surface area (TPSA) is 66.5 Å². The number of halogens is 1. The minimum Gasteiger partial charge on any atom is -0.326 e. The van der Waals surface area contributed by atoms with Crippen molar-refractivity contribution >= 4 is 37.5 Å². The van der Waals surface area contributed by atoms with E-state index in [9.17, 15) is 13.2 Å². The molecule has 0 radical (unpaired) electrons. The lowest BCUT2D eigenvalue weighted by Gasteiger charge is -2.31. The second kappa shape index (κ2) is 8.12. The molecular formula is C20H23BrN2O3S. The van der Waals surface area contributed by atoms with Crippen LogP contribution in [-0.2, 0) is 14.8 Å². The molecule has 1 fully saturated rings. The molecule has 1 aliphatic rings. The Balaban J connectivity index is 1.76. The first-order chi connectivity index (χ1) is 12.8. The monoisotopic (exact) mass is 450 g/mol. The average Bonchev–Trinajstić information content (AvgIpc) is 2.65.